The lowest BCUT2D eigenvalue weighted by atomic mass is 9.92. The topological polar surface area (TPSA) is 15.3 Å². The van der Waals surface area contributed by atoms with Crippen LogP contribution in [0.4, 0.5) is 0 Å². The monoisotopic (exact) mass is 242 g/mol. The molecule has 16 heavy (non-hydrogen) atoms. The molecule has 2 rings (SSSR count). The molecule has 0 aromatic carbocycles. The van der Waals surface area contributed by atoms with Crippen LogP contribution >= 0.6 is 11.8 Å². The van der Waals surface area contributed by atoms with Crippen LogP contribution in [0.1, 0.15) is 33.1 Å². The van der Waals surface area contributed by atoms with E-state index in [0.29, 0.717) is 0 Å². The number of rotatable bonds is 2. The van der Waals surface area contributed by atoms with Crippen molar-refractivity contribution in [2.24, 2.45) is 5.92 Å². The van der Waals surface area contributed by atoms with Gasteiger partial charge in [0.05, 0.1) is 0 Å². The molecule has 0 radical (unpaired) electrons. The van der Waals surface area contributed by atoms with E-state index in [0.717, 1.165) is 23.3 Å². The maximum absolute atomic E-state index is 3.93. The molecule has 0 aromatic heterocycles. The summed E-state index contributed by atoms with van der Waals surface area (Å²) in [6.07, 6.45) is 4.10. The molecule has 1 N–H and O–H groups in total. The fourth-order valence-corrected chi connectivity index (χ4v) is 4.17. The van der Waals surface area contributed by atoms with Gasteiger partial charge in [-0.2, -0.15) is 11.8 Å². The van der Waals surface area contributed by atoms with Crippen LogP contribution in [0.3, 0.4) is 0 Å². The molecule has 4 unspecified atom stereocenters. The molecule has 0 aliphatic carbocycles. The van der Waals surface area contributed by atoms with Crippen LogP contribution in [0.5, 0.6) is 0 Å². The third-order valence-electron chi connectivity index (χ3n) is 4.14. The zero-order valence-corrected chi connectivity index (χ0v) is 11.7. The third-order valence-corrected chi connectivity index (χ3v) is 5.52. The summed E-state index contributed by atoms with van der Waals surface area (Å²) in [6.45, 7) is 7.30. The molecule has 4 atom stereocenters. The SMILES string of the molecule is CC1CN(C)CCC1NC1CCCSC1C. The van der Waals surface area contributed by atoms with Crippen molar-refractivity contribution >= 4 is 11.8 Å². The minimum Gasteiger partial charge on any atom is -0.310 e. The summed E-state index contributed by atoms with van der Waals surface area (Å²) in [7, 11) is 2.24. The minimum absolute atomic E-state index is 0.752. The van der Waals surface area contributed by atoms with Crippen LogP contribution in [0.25, 0.3) is 0 Å². The summed E-state index contributed by atoms with van der Waals surface area (Å²) in [5, 5.41) is 4.74. The number of thioether (sulfide) groups is 1. The van der Waals surface area contributed by atoms with E-state index in [2.05, 4.69) is 42.9 Å². The van der Waals surface area contributed by atoms with Gasteiger partial charge in [0, 0.05) is 23.9 Å². The molecule has 0 spiro atoms. The van der Waals surface area contributed by atoms with E-state index < -0.39 is 0 Å². The Hall–Kier alpha value is 0.270. The van der Waals surface area contributed by atoms with Crippen LogP contribution in [0.2, 0.25) is 0 Å². The molecular weight excluding hydrogens is 216 g/mol. The van der Waals surface area contributed by atoms with Crippen molar-refractivity contribution in [3.05, 3.63) is 0 Å². The number of hydrogen-bond donors (Lipinski definition) is 1. The zero-order chi connectivity index (χ0) is 11.5. The first kappa shape index (κ1) is 12.7. The second-order valence-corrected chi connectivity index (χ2v) is 7.11. The van der Waals surface area contributed by atoms with E-state index in [1.54, 1.807) is 0 Å². The van der Waals surface area contributed by atoms with Crippen LogP contribution in [-0.2, 0) is 0 Å². The number of nitrogens with one attached hydrogen (secondary N) is 1. The van der Waals surface area contributed by atoms with Crippen LogP contribution in [-0.4, -0.2) is 48.1 Å². The van der Waals surface area contributed by atoms with E-state index >= 15 is 0 Å². The quantitative estimate of drug-likeness (QED) is 0.799. The van der Waals surface area contributed by atoms with Crippen LogP contribution < -0.4 is 5.32 Å². The molecule has 0 amide bonds. The Labute approximate surface area is 105 Å². The predicted octanol–water partition coefficient (Wildman–Crippen LogP) is 2.20. The normalized spacial score (nSPS) is 42.2. The average Bonchev–Trinajstić information content (AvgIpc) is 2.25. The van der Waals surface area contributed by atoms with Gasteiger partial charge in [-0.3, -0.25) is 0 Å². The van der Waals surface area contributed by atoms with Gasteiger partial charge in [0.15, 0.2) is 0 Å². The van der Waals surface area contributed by atoms with Crippen molar-refractivity contribution in [3.63, 3.8) is 0 Å². The summed E-state index contributed by atoms with van der Waals surface area (Å²) < 4.78 is 0. The van der Waals surface area contributed by atoms with Gasteiger partial charge < -0.3 is 10.2 Å². The molecule has 2 aliphatic rings. The van der Waals surface area contributed by atoms with E-state index in [9.17, 15) is 0 Å². The van der Waals surface area contributed by atoms with E-state index in [1.807, 2.05) is 0 Å². The van der Waals surface area contributed by atoms with Crippen molar-refractivity contribution in [2.75, 3.05) is 25.9 Å². The van der Waals surface area contributed by atoms with Gasteiger partial charge in [-0.1, -0.05) is 13.8 Å². The second kappa shape index (κ2) is 5.74. The smallest absolute Gasteiger partial charge is 0.0186 e. The number of hydrogen-bond acceptors (Lipinski definition) is 3. The summed E-state index contributed by atoms with van der Waals surface area (Å²) in [6, 6.07) is 1.51. The first-order chi connectivity index (χ1) is 7.66. The first-order valence-electron chi connectivity index (χ1n) is 6.73. The molecule has 2 heterocycles. The van der Waals surface area contributed by atoms with Crippen molar-refractivity contribution in [1.29, 1.82) is 0 Å². The van der Waals surface area contributed by atoms with Gasteiger partial charge in [0.1, 0.15) is 0 Å². The average molecular weight is 242 g/mol. The maximum Gasteiger partial charge on any atom is 0.0186 e. The zero-order valence-electron chi connectivity index (χ0n) is 10.9. The summed E-state index contributed by atoms with van der Waals surface area (Å²) in [5.41, 5.74) is 0. The van der Waals surface area contributed by atoms with Crippen LogP contribution in [0, 0.1) is 5.92 Å². The van der Waals surface area contributed by atoms with E-state index in [4.69, 9.17) is 0 Å². The Kier molecular flexibility index (Phi) is 4.57. The van der Waals surface area contributed by atoms with Crippen molar-refractivity contribution in [3.8, 4) is 0 Å². The molecular formula is C13H26N2S. The number of nitrogens with zero attached hydrogens (tertiary/aromatic N) is 1. The highest BCUT2D eigenvalue weighted by atomic mass is 32.2. The molecule has 2 aliphatic heterocycles. The molecule has 2 fully saturated rings. The standard InChI is InChI=1S/C13H26N2S/c1-10-9-15(3)7-6-12(10)14-13-5-4-8-16-11(13)2/h10-14H,4-9H2,1-3H3. The first-order valence-corrected chi connectivity index (χ1v) is 7.78. The second-order valence-electron chi connectivity index (χ2n) is 5.63. The van der Waals surface area contributed by atoms with Gasteiger partial charge >= 0.3 is 0 Å². The lowest BCUT2D eigenvalue weighted by molar-refractivity contribution is 0.164. The Morgan fingerprint density at radius 2 is 2.00 bits per heavy atom. The molecule has 94 valence electrons. The van der Waals surface area contributed by atoms with E-state index in [-0.39, 0.29) is 0 Å². The minimum atomic E-state index is 0.752. The molecule has 3 heteroatoms. The van der Waals surface area contributed by atoms with Crippen molar-refractivity contribution in [1.82, 2.24) is 10.2 Å². The highest BCUT2D eigenvalue weighted by Gasteiger charge is 2.29. The van der Waals surface area contributed by atoms with Gasteiger partial charge in [0.25, 0.3) is 0 Å². The molecule has 0 aromatic rings. The summed E-state index contributed by atoms with van der Waals surface area (Å²) in [4.78, 5) is 2.46. The van der Waals surface area contributed by atoms with Gasteiger partial charge in [-0.05, 0) is 44.5 Å². The van der Waals surface area contributed by atoms with Crippen LogP contribution in [0.15, 0.2) is 0 Å². The third kappa shape index (κ3) is 3.14. The highest BCUT2D eigenvalue weighted by molar-refractivity contribution is 7.99. The van der Waals surface area contributed by atoms with E-state index in [1.165, 1.54) is 38.1 Å². The molecule has 0 bridgehead atoms. The number of likely N-dealkylation sites (tertiary alicyclic amines) is 1. The van der Waals surface area contributed by atoms with Gasteiger partial charge in [-0.25, -0.2) is 0 Å². The van der Waals surface area contributed by atoms with Gasteiger partial charge in [0.2, 0.25) is 0 Å². The highest BCUT2D eigenvalue weighted by Crippen LogP contribution is 2.27. The van der Waals surface area contributed by atoms with Gasteiger partial charge in [-0.15, -0.1) is 0 Å². The summed E-state index contributed by atoms with van der Waals surface area (Å²) in [5.74, 6) is 2.17. The maximum atomic E-state index is 3.93. The lowest BCUT2D eigenvalue weighted by Gasteiger charge is -2.40. The summed E-state index contributed by atoms with van der Waals surface area (Å²) >= 11 is 2.14. The van der Waals surface area contributed by atoms with Crippen molar-refractivity contribution in [2.45, 2.75) is 50.4 Å². The molecule has 2 nitrogen and oxygen atoms in total. The lowest BCUT2D eigenvalue weighted by Crippen LogP contribution is -2.53. The number of piperidine rings is 1. The Bertz CT molecular complexity index is 222. The Morgan fingerprint density at radius 1 is 1.19 bits per heavy atom. The Morgan fingerprint density at radius 3 is 2.69 bits per heavy atom. The largest absolute Gasteiger partial charge is 0.310 e. The Balaban J connectivity index is 1.83. The fourth-order valence-electron chi connectivity index (χ4n) is 3.02. The fraction of sp³-hybridized carbons (Fsp3) is 1.00. The predicted molar refractivity (Wildman–Crippen MR) is 73.1 cm³/mol. The molecule has 0 saturated carbocycles. The van der Waals surface area contributed by atoms with Crippen molar-refractivity contribution < 1.29 is 0 Å². The molecule has 2 saturated heterocycles.